The molecule has 3 fully saturated rings. The number of aliphatic carboxylic acids is 1. The Hall–Kier alpha value is -7.68. The Morgan fingerprint density at radius 2 is 1.11 bits per heavy atom. The van der Waals surface area contributed by atoms with Crippen molar-refractivity contribution in [3.8, 4) is 0 Å². The fraction of sp³-hybridized carbons (Fsp3) is 0.636. The number of unbranched alkanes of at least 4 members (excludes halogenated alkanes) is 1. The van der Waals surface area contributed by atoms with Gasteiger partial charge >= 0.3 is 5.97 Å². The molecule has 82 heavy (non-hydrogen) atoms. The molecule has 3 aliphatic heterocycles. The summed E-state index contributed by atoms with van der Waals surface area (Å²) in [7, 11) is 0. The van der Waals surface area contributed by atoms with Crippen molar-refractivity contribution in [2.24, 2.45) is 23.3 Å². The second-order valence-corrected chi connectivity index (χ2v) is 22.4. The third kappa shape index (κ3) is 18.2. The Labute approximate surface area is 476 Å². The van der Waals surface area contributed by atoms with E-state index in [4.69, 9.17) is 11.5 Å². The molecule has 1 aromatic heterocycles. The highest BCUT2D eigenvalue weighted by Crippen LogP contribution is 2.27. The number of hydrogen-bond donors (Lipinski definition) is 13. The maximum Gasteiger partial charge on any atom is 0.303 e. The van der Waals surface area contributed by atoms with Crippen LogP contribution < -0.4 is 54.0 Å². The summed E-state index contributed by atoms with van der Waals surface area (Å²) in [6.45, 7) is 10.0. The highest BCUT2D eigenvalue weighted by molar-refractivity contribution is 6.01. The van der Waals surface area contributed by atoms with Gasteiger partial charge in [0.15, 0.2) is 0 Å². The molecule has 4 heterocycles. The minimum Gasteiger partial charge on any atom is -0.481 e. The molecule has 0 spiro atoms. The zero-order valence-corrected chi connectivity index (χ0v) is 47.5. The molecule has 0 saturated carbocycles. The number of nitrogens with two attached hydrogens (primary N) is 2. The molecule has 0 radical (unpaired) electrons. The molecule has 3 aliphatic rings. The normalized spacial score (nSPS) is 26.9. The number of primary amides is 1. The van der Waals surface area contributed by atoms with Crippen molar-refractivity contribution in [2.75, 3.05) is 19.6 Å². The van der Waals surface area contributed by atoms with Crippen molar-refractivity contribution < 1.29 is 67.7 Å². The van der Waals surface area contributed by atoms with Gasteiger partial charge < -0.3 is 79.0 Å². The van der Waals surface area contributed by atoms with E-state index in [2.05, 4.69) is 47.5 Å². The standard InChI is InChI=1S/C55H83N13O14/c1-28(2)23-37-49(76)64-39(25-32-27-58-34-14-8-7-13-33(32)34)51(78)63-38(24-29(3)4)50(77)65-40(26-43(57)70)52(79)60-35(15-9-10-20-56)47(74)61-36(18-19-44(71)72)48(75)66-45(31(6)69)55(82)68-22-12-17-42(68)54(81)67-21-11-16-41(67)53(80)59-30(5)46(73)62-37/h7-8,13-14,27-31,35-42,45,58,69H,9-12,15-26,56H2,1-6H3,(H2,57,70)(H,59,80)(H,60,79)(H,61,74)(H,62,73)(H,63,78)(H,64,76)(H,65,77)(H,66,75)(H,71,72)/t30-,31+,35-,36-,37-,38-,39-,40-,41-,42+,45-/m0/s1. The highest BCUT2D eigenvalue weighted by atomic mass is 16.4. The first-order chi connectivity index (χ1) is 38.8. The molecule has 27 nitrogen and oxygen atoms in total. The van der Waals surface area contributed by atoms with Gasteiger partial charge in [-0.3, -0.25) is 57.5 Å². The van der Waals surface area contributed by atoms with E-state index in [9.17, 15) is 67.7 Å². The molecule has 0 unspecified atom stereocenters. The average Bonchev–Trinajstić information content (AvgIpc) is 4.41. The number of carboxylic acid groups (broad SMARTS) is 1. The second-order valence-electron chi connectivity index (χ2n) is 22.4. The summed E-state index contributed by atoms with van der Waals surface area (Å²) in [5.41, 5.74) is 12.7. The third-order valence-corrected chi connectivity index (χ3v) is 14.8. The predicted molar refractivity (Wildman–Crippen MR) is 297 cm³/mol. The van der Waals surface area contributed by atoms with E-state index >= 15 is 0 Å². The Balaban J connectivity index is 1.58. The number of amides is 11. The summed E-state index contributed by atoms with van der Waals surface area (Å²) in [6, 6.07) is -7.11. The van der Waals surface area contributed by atoms with Gasteiger partial charge in [0.25, 0.3) is 0 Å². The minimum absolute atomic E-state index is 0.00868. The van der Waals surface area contributed by atoms with E-state index in [0.717, 1.165) is 10.9 Å². The molecular formula is C55H83N13O14. The van der Waals surface area contributed by atoms with Gasteiger partial charge in [-0.25, -0.2) is 0 Å². The fourth-order valence-corrected chi connectivity index (χ4v) is 10.5. The smallest absolute Gasteiger partial charge is 0.303 e. The van der Waals surface area contributed by atoms with Gasteiger partial charge in [0.2, 0.25) is 65.0 Å². The Kier molecular flexibility index (Phi) is 24.1. The van der Waals surface area contributed by atoms with Gasteiger partial charge in [-0.05, 0) is 108 Å². The van der Waals surface area contributed by atoms with E-state index in [1.54, 1.807) is 32.2 Å². The number of nitrogens with zero attached hydrogens (tertiary/aromatic N) is 2. The first-order valence-corrected chi connectivity index (χ1v) is 28.3. The Bertz CT molecular complexity index is 2660. The van der Waals surface area contributed by atoms with Gasteiger partial charge in [-0.2, -0.15) is 0 Å². The number of aliphatic hydroxyl groups excluding tert-OH is 1. The maximum absolute atomic E-state index is 14.7. The van der Waals surface area contributed by atoms with Crippen LogP contribution in [0.4, 0.5) is 0 Å². The largest absolute Gasteiger partial charge is 0.481 e. The highest BCUT2D eigenvalue weighted by Gasteiger charge is 2.45. The summed E-state index contributed by atoms with van der Waals surface area (Å²) in [4.78, 5) is 173. The summed E-state index contributed by atoms with van der Waals surface area (Å²) in [5.74, 6) is -11.6. The third-order valence-electron chi connectivity index (χ3n) is 14.8. The lowest BCUT2D eigenvalue weighted by Gasteiger charge is -2.34. The number of aromatic amines is 1. The van der Waals surface area contributed by atoms with Crippen molar-refractivity contribution in [1.29, 1.82) is 0 Å². The van der Waals surface area contributed by atoms with E-state index in [-0.39, 0.29) is 76.4 Å². The number of benzene rings is 1. The van der Waals surface area contributed by atoms with Crippen LogP contribution in [0.25, 0.3) is 10.9 Å². The predicted octanol–water partition coefficient (Wildman–Crippen LogP) is -2.05. The topological polar surface area (TPSA) is 416 Å². The molecule has 452 valence electrons. The number of fused-ring (bicyclic) bond motifs is 3. The van der Waals surface area contributed by atoms with Crippen LogP contribution >= 0.6 is 0 Å². The molecule has 15 N–H and O–H groups in total. The van der Waals surface area contributed by atoms with Crippen LogP contribution in [0.1, 0.15) is 124 Å². The molecule has 27 heteroatoms. The number of carboxylic acids is 1. The number of aliphatic hydroxyl groups is 1. The summed E-state index contributed by atoms with van der Waals surface area (Å²) < 4.78 is 0. The molecule has 11 atom stereocenters. The van der Waals surface area contributed by atoms with Gasteiger partial charge in [0, 0.05) is 43.0 Å². The number of rotatable bonds is 16. The summed E-state index contributed by atoms with van der Waals surface area (Å²) in [6.07, 6.45) is -0.579. The van der Waals surface area contributed by atoms with Crippen molar-refractivity contribution in [2.45, 2.75) is 192 Å². The van der Waals surface area contributed by atoms with Crippen LogP contribution in [0, 0.1) is 11.8 Å². The lowest BCUT2D eigenvalue weighted by Crippen LogP contribution is -2.62. The van der Waals surface area contributed by atoms with Crippen molar-refractivity contribution in [1.82, 2.24) is 57.3 Å². The number of carbonyl (C=O) groups is 12. The molecule has 1 aromatic carbocycles. The van der Waals surface area contributed by atoms with Gasteiger partial charge in [0.05, 0.1) is 12.5 Å². The van der Waals surface area contributed by atoms with Crippen molar-refractivity contribution >= 4 is 81.9 Å². The average molecular weight is 1150 g/mol. The Morgan fingerprint density at radius 1 is 0.610 bits per heavy atom. The van der Waals surface area contributed by atoms with Crippen molar-refractivity contribution in [3.05, 3.63) is 36.0 Å². The molecular weight excluding hydrogens is 1070 g/mol. The number of aromatic nitrogens is 1. The monoisotopic (exact) mass is 1150 g/mol. The maximum atomic E-state index is 14.7. The minimum atomic E-state index is -1.77. The molecule has 0 bridgehead atoms. The Morgan fingerprint density at radius 3 is 1.70 bits per heavy atom. The van der Waals surface area contributed by atoms with Gasteiger partial charge in [-0.1, -0.05) is 45.9 Å². The van der Waals surface area contributed by atoms with E-state index in [1.165, 1.54) is 23.6 Å². The second kappa shape index (κ2) is 30.4. The summed E-state index contributed by atoms with van der Waals surface area (Å²) in [5, 5.41) is 42.1. The van der Waals surface area contributed by atoms with E-state index in [0.29, 0.717) is 24.8 Å². The van der Waals surface area contributed by atoms with Gasteiger partial charge in [-0.15, -0.1) is 0 Å². The zero-order valence-electron chi connectivity index (χ0n) is 47.5. The number of carbonyl (C=O) groups excluding carboxylic acids is 11. The first kappa shape index (κ1) is 65.1. The first-order valence-electron chi connectivity index (χ1n) is 28.3. The van der Waals surface area contributed by atoms with Crippen LogP contribution in [-0.2, 0) is 64.0 Å². The zero-order chi connectivity index (χ0) is 60.5. The summed E-state index contributed by atoms with van der Waals surface area (Å²) >= 11 is 0. The van der Waals surface area contributed by atoms with Crippen molar-refractivity contribution in [3.63, 3.8) is 0 Å². The van der Waals surface area contributed by atoms with Crippen LogP contribution in [0.5, 0.6) is 0 Å². The van der Waals surface area contributed by atoms with Crippen LogP contribution in [0.2, 0.25) is 0 Å². The van der Waals surface area contributed by atoms with Crippen LogP contribution in [0.3, 0.4) is 0 Å². The van der Waals surface area contributed by atoms with E-state index < -0.39 is 157 Å². The number of para-hydroxylation sites is 1. The molecule has 0 aliphatic carbocycles. The molecule has 5 rings (SSSR count). The SMILES string of the molecule is CC(C)C[C@@H]1NC(=O)[C@H](C)NC(=O)[C@@H]2CCCN2C(=O)[C@H]2CCCN2C(=O)[C@H]([C@@H](C)O)NC(=O)[C@H](CCC(=O)O)NC(=O)[C@H](CCCCN)NC(=O)[C@H](CC(N)=O)NC(=O)[C@H](CC(C)C)NC(=O)[C@H](Cc2c[nH]c3ccccc23)NC1=O. The van der Waals surface area contributed by atoms with Crippen LogP contribution in [0.15, 0.2) is 30.5 Å². The lowest BCUT2D eigenvalue weighted by atomic mass is 9.99. The number of H-pyrrole nitrogens is 1. The molecule has 3 saturated heterocycles. The molecule has 2 aromatic rings. The van der Waals surface area contributed by atoms with Gasteiger partial charge in [0.1, 0.15) is 60.4 Å². The number of nitrogens with one attached hydrogen (secondary N) is 9. The van der Waals surface area contributed by atoms with Crippen LogP contribution in [-0.4, -0.2) is 182 Å². The molecule has 11 amide bonds. The fourth-order valence-electron chi connectivity index (χ4n) is 10.5. The van der Waals surface area contributed by atoms with E-state index in [1.807, 2.05) is 26.0 Å². The number of hydrogen-bond acceptors (Lipinski definition) is 14. The lowest BCUT2D eigenvalue weighted by molar-refractivity contribution is -0.149. The quantitative estimate of drug-likeness (QED) is 0.0805.